The van der Waals surface area contributed by atoms with Gasteiger partial charge in [-0.3, -0.25) is 10.1 Å². The van der Waals surface area contributed by atoms with Crippen molar-refractivity contribution in [2.45, 2.75) is 27.2 Å². The molecule has 0 aromatic carbocycles. The molecule has 1 N–H and O–H groups in total. The van der Waals surface area contributed by atoms with Crippen LogP contribution in [-0.2, 0) is 4.79 Å². The number of nitrogens with one attached hydrogen (secondary N) is 1. The van der Waals surface area contributed by atoms with E-state index in [0.717, 1.165) is 4.47 Å². The molecule has 1 aromatic rings. The zero-order valence-electron chi connectivity index (χ0n) is 9.04. The molecule has 1 aromatic heterocycles. The van der Waals surface area contributed by atoms with Crippen LogP contribution < -0.4 is 5.32 Å². The van der Waals surface area contributed by atoms with E-state index in [-0.39, 0.29) is 11.3 Å². The van der Waals surface area contributed by atoms with E-state index >= 15 is 0 Å². The van der Waals surface area contributed by atoms with Crippen LogP contribution in [-0.4, -0.2) is 15.9 Å². The highest BCUT2D eigenvalue weighted by molar-refractivity contribution is 9.10. The number of carbonyl (C=O) groups is 1. The van der Waals surface area contributed by atoms with E-state index in [9.17, 15) is 4.79 Å². The topological polar surface area (TPSA) is 54.9 Å². The van der Waals surface area contributed by atoms with E-state index in [0.29, 0.717) is 12.4 Å². The van der Waals surface area contributed by atoms with E-state index in [1.54, 1.807) is 12.4 Å². The number of halogens is 1. The van der Waals surface area contributed by atoms with E-state index in [1.807, 2.05) is 20.8 Å². The van der Waals surface area contributed by atoms with Crippen molar-refractivity contribution in [3.63, 3.8) is 0 Å². The molecule has 15 heavy (non-hydrogen) atoms. The second-order valence-electron chi connectivity index (χ2n) is 4.51. The molecule has 0 atom stereocenters. The zero-order valence-corrected chi connectivity index (χ0v) is 10.6. The summed E-state index contributed by atoms with van der Waals surface area (Å²) in [4.78, 5) is 19.4. The predicted molar refractivity (Wildman–Crippen MR) is 62.4 cm³/mol. The van der Waals surface area contributed by atoms with Gasteiger partial charge in [0.1, 0.15) is 0 Å². The molecule has 0 fully saturated rings. The standard InChI is InChI=1S/C10H14BrN3O/c1-10(2,3)4-8(15)14-9-12-5-7(11)6-13-9/h5-6H,4H2,1-3H3,(H,12,13,14,15). The highest BCUT2D eigenvalue weighted by Crippen LogP contribution is 2.18. The first-order valence-corrected chi connectivity index (χ1v) is 5.43. The third kappa shape index (κ3) is 4.88. The largest absolute Gasteiger partial charge is 0.295 e. The summed E-state index contributed by atoms with van der Waals surface area (Å²) in [6.07, 6.45) is 3.64. The van der Waals surface area contributed by atoms with Gasteiger partial charge in [-0.25, -0.2) is 9.97 Å². The zero-order chi connectivity index (χ0) is 11.5. The van der Waals surface area contributed by atoms with Gasteiger partial charge in [0.25, 0.3) is 0 Å². The maximum absolute atomic E-state index is 11.5. The maximum atomic E-state index is 11.5. The molecular formula is C10H14BrN3O. The number of carbonyl (C=O) groups excluding carboxylic acids is 1. The summed E-state index contributed by atoms with van der Waals surface area (Å²) in [7, 11) is 0. The van der Waals surface area contributed by atoms with Gasteiger partial charge in [-0.2, -0.15) is 0 Å². The molecule has 0 unspecified atom stereocenters. The van der Waals surface area contributed by atoms with Crippen LogP contribution in [0.5, 0.6) is 0 Å². The molecule has 0 saturated carbocycles. The molecule has 0 saturated heterocycles. The van der Waals surface area contributed by atoms with Gasteiger partial charge in [-0.05, 0) is 21.3 Å². The third-order valence-corrected chi connectivity index (χ3v) is 1.97. The molecule has 0 bridgehead atoms. The lowest BCUT2D eigenvalue weighted by Gasteiger charge is -2.16. The Hall–Kier alpha value is -0.970. The van der Waals surface area contributed by atoms with E-state index in [1.165, 1.54) is 0 Å². The first kappa shape index (κ1) is 12.1. The van der Waals surface area contributed by atoms with Crippen LogP contribution >= 0.6 is 15.9 Å². The van der Waals surface area contributed by atoms with Gasteiger partial charge in [-0.1, -0.05) is 20.8 Å². The van der Waals surface area contributed by atoms with Gasteiger partial charge < -0.3 is 0 Å². The molecule has 1 heterocycles. The van der Waals surface area contributed by atoms with E-state index in [4.69, 9.17) is 0 Å². The van der Waals surface area contributed by atoms with Crippen molar-refractivity contribution in [3.8, 4) is 0 Å². The Morgan fingerprint density at radius 1 is 1.40 bits per heavy atom. The fourth-order valence-corrected chi connectivity index (χ4v) is 1.23. The summed E-state index contributed by atoms with van der Waals surface area (Å²) in [6.45, 7) is 6.03. The highest BCUT2D eigenvalue weighted by atomic mass is 79.9. The Balaban J connectivity index is 2.55. The quantitative estimate of drug-likeness (QED) is 0.900. The number of nitrogens with zero attached hydrogens (tertiary/aromatic N) is 2. The summed E-state index contributed by atoms with van der Waals surface area (Å²) < 4.78 is 0.788. The van der Waals surface area contributed by atoms with Crippen LogP contribution in [0.2, 0.25) is 0 Å². The van der Waals surface area contributed by atoms with Crippen molar-refractivity contribution in [2.24, 2.45) is 5.41 Å². The van der Waals surface area contributed by atoms with Gasteiger partial charge in [-0.15, -0.1) is 0 Å². The first-order valence-electron chi connectivity index (χ1n) is 4.64. The normalized spacial score (nSPS) is 11.2. The molecular weight excluding hydrogens is 258 g/mol. The Labute approximate surface area is 97.6 Å². The Morgan fingerprint density at radius 3 is 2.40 bits per heavy atom. The average molecular weight is 272 g/mol. The van der Waals surface area contributed by atoms with Crippen molar-refractivity contribution in [3.05, 3.63) is 16.9 Å². The number of hydrogen-bond acceptors (Lipinski definition) is 3. The summed E-state index contributed by atoms with van der Waals surface area (Å²) in [6, 6.07) is 0. The van der Waals surface area contributed by atoms with Gasteiger partial charge in [0.2, 0.25) is 11.9 Å². The maximum Gasteiger partial charge on any atom is 0.229 e. The molecule has 0 aliphatic heterocycles. The van der Waals surface area contributed by atoms with Crippen molar-refractivity contribution in [1.82, 2.24) is 9.97 Å². The van der Waals surface area contributed by atoms with E-state index in [2.05, 4.69) is 31.2 Å². The molecule has 0 aliphatic rings. The molecule has 4 nitrogen and oxygen atoms in total. The Morgan fingerprint density at radius 2 is 1.93 bits per heavy atom. The minimum Gasteiger partial charge on any atom is -0.295 e. The minimum atomic E-state index is -0.0650. The number of amides is 1. The first-order chi connectivity index (χ1) is 6.87. The number of rotatable bonds is 2. The van der Waals surface area contributed by atoms with Crippen molar-refractivity contribution < 1.29 is 4.79 Å². The fourth-order valence-electron chi connectivity index (χ4n) is 1.03. The summed E-state index contributed by atoms with van der Waals surface area (Å²) in [5.74, 6) is 0.275. The van der Waals surface area contributed by atoms with Gasteiger partial charge in [0.05, 0.1) is 4.47 Å². The second kappa shape index (κ2) is 4.70. The van der Waals surface area contributed by atoms with Crippen LogP contribution in [0.25, 0.3) is 0 Å². The van der Waals surface area contributed by atoms with Crippen LogP contribution in [0.3, 0.4) is 0 Å². The second-order valence-corrected chi connectivity index (χ2v) is 5.43. The van der Waals surface area contributed by atoms with Crippen LogP contribution in [0.15, 0.2) is 16.9 Å². The molecule has 5 heteroatoms. The average Bonchev–Trinajstić information content (AvgIpc) is 2.05. The summed E-state index contributed by atoms with van der Waals surface area (Å²) in [5.41, 5.74) is -0.0283. The molecule has 1 amide bonds. The van der Waals surface area contributed by atoms with Gasteiger partial charge in [0.15, 0.2) is 0 Å². The third-order valence-electron chi connectivity index (χ3n) is 1.56. The molecule has 0 aliphatic carbocycles. The number of aromatic nitrogens is 2. The summed E-state index contributed by atoms with van der Waals surface area (Å²) >= 11 is 3.22. The lowest BCUT2D eigenvalue weighted by Crippen LogP contribution is -2.20. The van der Waals surface area contributed by atoms with Crippen molar-refractivity contribution in [2.75, 3.05) is 5.32 Å². The van der Waals surface area contributed by atoms with Crippen LogP contribution in [0, 0.1) is 5.41 Å². The molecule has 1 rings (SSSR count). The van der Waals surface area contributed by atoms with Gasteiger partial charge in [0, 0.05) is 18.8 Å². The SMILES string of the molecule is CC(C)(C)CC(=O)Nc1ncc(Br)cn1. The monoisotopic (exact) mass is 271 g/mol. The lowest BCUT2D eigenvalue weighted by atomic mass is 9.92. The fraction of sp³-hybridized carbons (Fsp3) is 0.500. The summed E-state index contributed by atoms with van der Waals surface area (Å²) in [5, 5.41) is 2.64. The molecule has 0 radical (unpaired) electrons. The molecule has 82 valence electrons. The molecule has 0 spiro atoms. The van der Waals surface area contributed by atoms with E-state index < -0.39 is 0 Å². The Bertz CT molecular complexity index is 343. The van der Waals surface area contributed by atoms with Gasteiger partial charge >= 0.3 is 0 Å². The predicted octanol–water partition coefficient (Wildman–Crippen LogP) is 2.61. The van der Waals surface area contributed by atoms with Crippen molar-refractivity contribution in [1.29, 1.82) is 0 Å². The number of anilines is 1. The number of hydrogen-bond donors (Lipinski definition) is 1. The minimum absolute atomic E-state index is 0.0283. The van der Waals surface area contributed by atoms with Crippen molar-refractivity contribution >= 4 is 27.8 Å². The Kier molecular flexibility index (Phi) is 3.79. The highest BCUT2D eigenvalue weighted by Gasteiger charge is 2.16. The lowest BCUT2D eigenvalue weighted by molar-refractivity contribution is -0.117. The smallest absolute Gasteiger partial charge is 0.229 e. The van der Waals surface area contributed by atoms with Crippen LogP contribution in [0.1, 0.15) is 27.2 Å². The van der Waals surface area contributed by atoms with Crippen LogP contribution in [0.4, 0.5) is 5.95 Å².